The van der Waals surface area contributed by atoms with Gasteiger partial charge in [0.05, 0.1) is 0 Å². The van der Waals surface area contributed by atoms with Crippen LogP contribution in [0.3, 0.4) is 0 Å². The number of anilines is 1. The van der Waals surface area contributed by atoms with Gasteiger partial charge in [0, 0.05) is 30.3 Å². The summed E-state index contributed by atoms with van der Waals surface area (Å²) < 4.78 is 0. The molecule has 1 unspecified atom stereocenters. The van der Waals surface area contributed by atoms with E-state index >= 15 is 0 Å². The topological polar surface area (TPSA) is 52.6 Å². The third-order valence-electron chi connectivity index (χ3n) is 2.67. The fraction of sp³-hybridized carbons (Fsp3) is 0.364. The zero-order valence-corrected chi connectivity index (χ0v) is 9.44. The maximum atomic E-state index is 10.9. The average Bonchev–Trinajstić information content (AvgIpc) is 2.30. The first-order chi connectivity index (χ1) is 7.66. The lowest BCUT2D eigenvalue weighted by molar-refractivity contribution is -0.139. The molecule has 0 bridgehead atoms. The first-order valence-electron chi connectivity index (χ1n) is 5.13. The highest BCUT2D eigenvalue weighted by atomic mass is 35.5. The largest absolute Gasteiger partial charge is 0.480 e. The summed E-state index contributed by atoms with van der Waals surface area (Å²) >= 11 is 5.80. The van der Waals surface area contributed by atoms with Gasteiger partial charge in [-0.2, -0.15) is 0 Å². The molecule has 86 valence electrons. The number of aliphatic carboxylic acids is 1. The van der Waals surface area contributed by atoms with Crippen molar-refractivity contribution in [2.24, 2.45) is 0 Å². The summed E-state index contributed by atoms with van der Waals surface area (Å²) in [6, 6.07) is 6.95. The van der Waals surface area contributed by atoms with Gasteiger partial charge in [0.1, 0.15) is 6.04 Å². The maximum absolute atomic E-state index is 10.9. The number of carboxylic acid groups (broad SMARTS) is 1. The first kappa shape index (κ1) is 11.2. The minimum absolute atomic E-state index is 0.483. The summed E-state index contributed by atoms with van der Waals surface area (Å²) in [6.07, 6.45) is 0. The van der Waals surface area contributed by atoms with Crippen molar-refractivity contribution in [2.75, 3.05) is 24.5 Å². The van der Waals surface area contributed by atoms with Crippen molar-refractivity contribution in [1.82, 2.24) is 5.32 Å². The molecule has 16 heavy (non-hydrogen) atoms. The third kappa shape index (κ3) is 2.46. The molecule has 1 saturated heterocycles. The fourth-order valence-electron chi connectivity index (χ4n) is 1.80. The molecule has 0 saturated carbocycles. The summed E-state index contributed by atoms with van der Waals surface area (Å²) in [7, 11) is 0. The quantitative estimate of drug-likeness (QED) is 0.816. The number of carbonyl (C=O) groups is 1. The summed E-state index contributed by atoms with van der Waals surface area (Å²) in [5.74, 6) is -0.807. The number of halogens is 1. The minimum Gasteiger partial charge on any atom is -0.480 e. The molecule has 5 heteroatoms. The van der Waals surface area contributed by atoms with Gasteiger partial charge < -0.3 is 15.3 Å². The number of hydrogen-bond donors (Lipinski definition) is 2. The van der Waals surface area contributed by atoms with E-state index in [2.05, 4.69) is 5.32 Å². The Bertz CT molecular complexity index is 380. The van der Waals surface area contributed by atoms with Crippen LogP contribution in [0.1, 0.15) is 0 Å². The SMILES string of the molecule is O=C(O)C1CN(c2ccc(Cl)cc2)CCN1. The van der Waals surface area contributed by atoms with Crippen LogP contribution in [0.15, 0.2) is 24.3 Å². The van der Waals surface area contributed by atoms with Crippen LogP contribution in [-0.2, 0) is 4.79 Å². The Labute approximate surface area is 98.8 Å². The van der Waals surface area contributed by atoms with Crippen molar-refractivity contribution in [3.05, 3.63) is 29.3 Å². The Kier molecular flexibility index (Phi) is 3.31. The van der Waals surface area contributed by atoms with Crippen molar-refractivity contribution in [3.63, 3.8) is 0 Å². The standard InChI is InChI=1S/C11H13ClN2O2/c12-8-1-3-9(4-2-8)14-6-5-13-10(7-14)11(15)16/h1-4,10,13H,5-7H2,(H,15,16). The van der Waals surface area contributed by atoms with E-state index in [1.54, 1.807) is 0 Å². The maximum Gasteiger partial charge on any atom is 0.322 e. The molecule has 1 aromatic rings. The third-order valence-corrected chi connectivity index (χ3v) is 2.92. The second-order valence-corrected chi connectivity index (χ2v) is 4.20. The van der Waals surface area contributed by atoms with Gasteiger partial charge in [-0.3, -0.25) is 4.79 Å². The molecule has 0 aromatic heterocycles. The van der Waals surface area contributed by atoms with Crippen LogP contribution in [0.25, 0.3) is 0 Å². The van der Waals surface area contributed by atoms with E-state index in [0.29, 0.717) is 18.1 Å². The summed E-state index contributed by atoms with van der Waals surface area (Å²) in [4.78, 5) is 12.9. The van der Waals surface area contributed by atoms with E-state index in [1.165, 1.54) is 0 Å². The van der Waals surface area contributed by atoms with Gasteiger partial charge in [-0.15, -0.1) is 0 Å². The molecule has 2 N–H and O–H groups in total. The Morgan fingerprint density at radius 2 is 2.12 bits per heavy atom. The summed E-state index contributed by atoms with van der Waals surface area (Å²) in [5, 5.41) is 12.6. The second-order valence-electron chi connectivity index (χ2n) is 3.77. The normalized spacial score (nSPS) is 20.8. The highest BCUT2D eigenvalue weighted by Gasteiger charge is 2.24. The van der Waals surface area contributed by atoms with Crippen LogP contribution < -0.4 is 10.2 Å². The molecule has 1 heterocycles. The molecule has 1 aliphatic rings. The molecule has 2 rings (SSSR count). The van der Waals surface area contributed by atoms with Crippen molar-refractivity contribution in [3.8, 4) is 0 Å². The lowest BCUT2D eigenvalue weighted by Gasteiger charge is -2.33. The zero-order valence-electron chi connectivity index (χ0n) is 8.69. The average molecular weight is 241 g/mol. The highest BCUT2D eigenvalue weighted by Crippen LogP contribution is 2.19. The predicted octanol–water partition coefficient (Wildman–Crippen LogP) is 1.20. The lowest BCUT2D eigenvalue weighted by Crippen LogP contribution is -2.54. The molecule has 1 aliphatic heterocycles. The van der Waals surface area contributed by atoms with Crippen molar-refractivity contribution in [2.45, 2.75) is 6.04 Å². The molecule has 0 amide bonds. The van der Waals surface area contributed by atoms with Gasteiger partial charge in [0.25, 0.3) is 0 Å². The van der Waals surface area contributed by atoms with E-state index in [4.69, 9.17) is 16.7 Å². The van der Waals surface area contributed by atoms with E-state index in [1.807, 2.05) is 29.2 Å². The van der Waals surface area contributed by atoms with Gasteiger partial charge in [-0.25, -0.2) is 0 Å². The van der Waals surface area contributed by atoms with Crippen LogP contribution in [0.4, 0.5) is 5.69 Å². The number of carboxylic acids is 1. The zero-order chi connectivity index (χ0) is 11.5. The van der Waals surface area contributed by atoms with Crippen molar-refractivity contribution < 1.29 is 9.90 Å². The van der Waals surface area contributed by atoms with E-state index in [-0.39, 0.29) is 0 Å². The molecule has 1 aromatic carbocycles. The van der Waals surface area contributed by atoms with E-state index in [9.17, 15) is 4.79 Å². The van der Waals surface area contributed by atoms with Crippen LogP contribution >= 0.6 is 11.6 Å². The van der Waals surface area contributed by atoms with Gasteiger partial charge in [-0.05, 0) is 24.3 Å². The van der Waals surface area contributed by atoms with Gasteiger partial charge in [0.15, 0.2) is 0 Å². The van der Waals surface area contributed by atoms with Crippen LogP contribution in [0.5, 0.6) is 0 Å². The Morgan fingerprint density at radius 3 is 2.75 bits per heavy atom. The molecular weight excluding hydrogens is 228 g/mol. The fourth-order valence-corrected chi connectivity index (χ4v) is 1.93. The monoisotopic (exact) mass is 240 g/mol. The van der Waals surface area contributed by atoms with Gasteiger partial charge in [0.2, 0.25) is 0 Å². The van der Waals surface area contributed by atoms with E-state index in [0.717, 1.165) is 12.2 Å². The summed E-state index contributed by atoms with van der Waals surface area (Å²) in [6.45, 7) is 1.97. The number of hydrogen-bond acceptors (Lipinski definition) is 3. The van der Waals surface area contributed by atoms with E-state index < -0.39 is 12.0 Å². The number of benzene rings is 1. The predicted molar refractivity (Wildman–Crippen MR) is 63.1 cm³/mol. The summed E-state index contributed by atoms with van der Waals surface area (Å²) in [5.41, 5.74) is 1.01. The van der Waals surface area contributed by atoms with Gasteiger partial charge >= 0.3 is 5.97 Å². The molecule has 1 atom stereocenters. The van der Waals surface area contributed by atoms with Crippen LogP contribution in [0.2, 0.25) is 5.02 Å². The Balaban J connectivity index is 2.09. The molecule has 4 nitrogen and oxygen atoms in total. The van der Waals surface area contributed by atoms with Crippen molar-refractivity contribution in [1.29, 1.82) is 0 Å². The smallest absolute Gasteiger partial charge is 0.322 e. The first-order valence-corrected chi connectivity index (χ1v) is 5.51. The number of nitrogens with one attached hydrogen (secondary N) is 1. The van der Waals surface area contributed by atoms with Crippen LogP contribution in [-0.4, -0.2) is 36.8 Å². The molecular formula is C11H13ClN2O2. The number of nitrogens with zero attached hydrogens (tertiary/aromatic N) is 1. The Morgan fingerprint density at radius 1 is 1.44 bits per heavy atom. The van der Waals surface area contributed by atoms with Gasteiger partial charge in [-0.1, -0.05) is 11.6 Å². The Hall–Kier alpha value is -1.26. The minimum atomic E-state index is -0.807. The van der Waals surface area contributed by atoms with Crippen molar-refractivity contribution >= 4 is 23.3 Å². The van der Waals surface area contributed by atoms with Crippen LogP contribution in [0, 0.1) is 0 Å². The lowest BCUT2D eigenvalue weighted by atomic mass is 10.2. The molecule has 0 radical (unpaired) electrons. The molecule has 1 fully saturated rings. The number of piperazine rings is 1. The molecule has 0 aliphatic carbocycles. The molecule has 0 spiro atoms. The second kappa shape index (κ2) is 4.72. The number of rotatable bonds is 2. The highest BCUT2D eigenvalue weighted by molar-refractivity contribution is 6.30.